The second-order valence-electron chi connectivity index (χ2n) is 6.60. The van der Waals surface area contributed by atoms with Gasteiger partial charge in [-0.1, -0.05) is 32.0 Å². The van der Waals surface area contributed by atoms with Crippen molar-refractivity contribution in [3.8, 4) is 5.75 Å². The summed E-state index contributed by atoms with van der Waals surface area (Å²) in [6.07, 6.45) is 1.57. The number of ether oxygens (including phenoxy) is 2. The van der Waals surface area contributed by atoms with E-state index in [9.17, 15) is 0 Å². The number of benzene rings is 1. The molecule has 21 heavy (non-hydrogen) atoms. The van der Waals surface area contributed by atoms with Crippen LogP contribution >= 0.6 is 0 Å². The molecule has 1 aromatic carbocycles. The Morgan fingerprint density at radius 3 is 3.00 bits per heavy atom. The van der Waals surface area contributed by atoms with E-state index >= 15 is 0 Å². The minimum atomic E-state index is 0.0402. The number of aliphatic hydroxyl groups excluding tert-OH is 1. The van der Waals surface area contributed by atoms with E-state index in [0.717, 1.165) is 30.9 Å². The average Bonchev–Trinajstić information content (AvgIpc) is 2.93. The molecule has 0 aromatic heterocycles. The van der Waals surface area contributed by atoms with E-state index in [1.807, 2.05) is 18.2 Å². The molecule has 1 aliphatic heterocycles. The van der Waals surface area contributed by atoms with Gasteiger partial charge < -0.3 is 19.9 Å². The van der Waals surface area contributed by atoms with Gasteiger partial charge in [0.05, 0.1) is 12.7 Å². The van der Waals surface area contributed by atoms with Gasteiger partial charge in [-0.3, -0.25) is 0 Å². The van der Waals surface area contributed by atoms with Gasteiger partial charge in [0.15, 0.2) is 0 Å². The molecule has 4 heteroatoms. The van der Waals surface area contributed by atoms with Gasteiger partial charge in [0.2, 0.25) is 0 Å². The predicted octanol–water partition coefficient (Wildman–Crippen LogP) is 1.96. The summed E-state index contributed by atoms with van der Waals surface area (Å²) in [6.45, 7) is 6.63. The van der Waals surface area contributed by atoms with Crippen LogP contribution < -0.4 is 10.1 Å². The molecule has 1 saturated heterocycles. The van der Waals surface area contributed by atoms with E-state index in [0.29, 0.717) is 24.7 Å². The van der Waals surface area contributed by atoms with Gasteiger partial charge in [0, 0.05) is 36.1 Å². The molecule has 1 aromatic rings. The van der Waals surface area contributed by atoms with Crippen LogP contribution in [0, 0.1) is 11.3 Å². The fraction of sp³-hybridized carbons (Fsp3) is 0.647. The van der Waals surface area contributed by atoms with Crippen LogP contribution in [0.15, 0.2) is 24.3 Å². The lowest BCUT2D eigenvalue weighted by molar-refractivity contribution is -0.113. The molecule has 116 valence electrons. The number of para-hydroxylation sites is 1. The smallest absolute Gasteiger partial charge is 0.123 e. The number of nitrogens with one attached hydrogen (secondary N) is 1. The number of fused-ring (bicyclic) bond motifs is 1. The fourth-order valence-electron chi connectivity index (χ4n) is 3.90. The van der Waals surface area contributed by atoms with Crippen molar-refractivity contribution in [3.05, 3.63) is 29.8 Å². The highest BCUT2D eigenvalue weighted by Gasteiger charge is 2.58. The Morgan fingerprint density at radius 2 is 2.19 bits per heavy atom. The third kappa shape index (κ3) is 2.68. The summed E-state index contributed by atoms with van der Waals surface area (Å²) in [5.74, 6) is 1.50. The highest BCUT2D eigenvalue weighted by atomic mass is 16.5. The average molecular weight is 291 g/mol. The first-order valence-corrected chi connectivity index (χ1v) is 7.81. The van der Waals surface area contributed by atoms with Crippen LogP contribution in [0.1, 0.15) is 25.8 Å². The van der Waals surface area contributed by atoms with Gasteiger partial charge in [-0.05, 0) is 12.5 Å². The van der Waals surface area contributed by atoms with Crippen molar-refractivity contribution in [3.63, 3.8) is 0 Å². The van der Waals surface area contributed by atoms with Crippen molar-refractivity contribution >= 4 is 0 Å². The molecule has 0 radical (unpaired) electrons. The lowest BCUT2D eigenvalue weighted by Crippen LogP contribution is -2.65. The first kappa shape index (κ1) is 14.8. The van der Waals surface area contributed by atoms with Crippen molar-refractivity contribution in [2.75, 3.05) is 19.8 Å². The topological polar surface area (TPSA) is 50.7 Å². The first-order chi connectivity index (χ1) is 10.1. The molecule has 2 N–H and O–H groups in total. The maximum absolute atomic E-state index is 8.90. The minimum absolute atomic E-state index is 0.0402. The molecule has 1 saturated carbocycles. The summed E-state index contributed by atoms with van der Waals surface area (Å²) in [4.78, 5) is 0. The summed E-state index contributed by atoms with van der Waals surface area (Å²) in [6, 6.07) is 8.52. The van der Waals surface area contributed by atoms with Gasteiger partial charge in [-0.15, -0.1) is 0 Å². The summed E-state index contributed by atoms with van der Waals surface area (Å²) in [5.41, 5.74) is 1.34. The molecule has 4 nitrogen and oxygen atoms in total. The Morgan fingerprint density at radius 1 is 1.38 bits per heavy atom. The molecular weight excluding hydrogens is 266 g/mol. The monoisotopic (exact) mass is 291 g/mol. The van der Waals surface area contributed by atoms with Crippen molar-refractivity contribution in [2.45, 2.75) is 39.0 Å². The Hall–Kier alpha value is -1.10. The second kappa shape index (κ2) is 5.95. The highest BCUT2D eigenvalue weighted by molar-refractivity contribution is 5.33. The van der Waals surface area contributed by atoms with E-state index in [4.69, 9.17) is 14.6 Å². The van der Waals surface area contributed by atoms with Crippen LogP contribution in [0.3, 0.4) is 0 Å². The summed E-state index contributed by atoms with van der Waals surface area (Å²) >= 11 is 0. The molecule has 0 bridgehead atoms. The Bertz CT molecular complexity index is 489. The summed E-state index contributed by atoms with van der Waals surface area (Å²) < 4.78 is 11.4. The molecule has 2 aliphatic rings. The molecule has 1 aliphatic carbocycles. The third-order valence-electron chi connectivity index (χ3n) is 4.93. The molecule has 0 amide bonds. The van der Waals surface area contributed by atoms with Gasteiger partial charge in [-0.25, -0.2) is 0 Å². The van der Waals surface area contributed by atoms with Gasteiger partial charge >= 0.3 is 0 Å². The van der Waals surface area contributed by atoms with E-state index in [2.05, 4.69) is 25.2 Å². The van der Waals surface area contributed by atoms with Crippen LogP contribution in [-0.2, 0) is 11.3 Å². The molecule has 3 unspecified atom stereocenters. The molecule has 2 fully saturated rings. The van der Waals surface area contributed by atoms with Gasteiger partial charge in [0.1, 0.15) is 12.4 Å². The highest BCUT2D eigenvalue weighted by Crippen LogP contribution is 2.52. The molecule has 3 atom stereocenters. The van der Waals surface area contributed by atoms with Crippen LogP contribution in [0.2, 0.25) is 0 Å². The molecule has 3 rings (SSSR count). The van der Waals surface area contributed by atoms with E-state index in [-0.39, 0.29) is 12.0 Å². The van der Waals surface area contributed by atoms with Gasteiger partial charge in [-0.2, -0.15) is 0 Å². The second-order valence-corrected chi connectivity index (χ2v) is 6.60. The SMILES string of the molecule is CC1(C)C(NCc2ccccc2OCCO)C2CCOC21. The van der Waals surface area contributed by atoms with Gasteiger partial charge in [0.25, 0.3) is 0 Å². The largest absolute Gasteiger partial charge is 0.491 e. The summed E-state index contributed by atoms with van der Waals surface area (Å²) in [5, 5.41) is 12.6. The number of rotatable bonds is 6. The third-order valence-corrected chi connectivity index (χ3v) is 4.93. The van der Waals surface area contributed by atoms with E-state index in [1.54, 1.807) is 0 Å². The van der Waals surface area contributed by atoms with Crippen molar-refractivity contribution in [1.29, 1.82) is 0 Å². The Kier molecular flexibility index (Phi) is 4.20. The van der Waals surface area contributed by atoms with Crippen molar-refractivity contribution in [1.82, 2.24) is 5.32 Å². The van der Waals surface area contributed by atoms with Crippen LogP contribution in [0.25, 0.3) is 0 Å². The maximum atomic E-state index is 8.90. The maximum Gasteiger partial charge on any atom is 0.123 e. The molecular formula is C17H25NO3. The van der Waals surface area contributed by atoms with E-state index in [1.165, 1.54) is 0 Å². The molecule has 1 heterocycles. The van der Waals surface area contributed by atoms with Crippen LogP contribution in [0.4, 0.5) is 0 Å². The molecule has 0 spiro atoms. The standard InChI is InChI=1S/C17H25NO3/c1-17(2)15(13-7-9-21-16(13)17)18-11-12-5-3-4-6-14(12)20-10-8-19/h3-6,13,15-16,18-19H,7-11H2,1-2H3. The first-order valence-electron chi connectivity index (χ1n) is 7.81. The Labute approximate surface area is 126 Å². The van der Waals surface area contributed by atoms with Crippen LogP contribution in [-0.4, -0.2) is 37.1 Å². The van der Waals surface area contributed by atoms with Crippen molar-refractivity contribution in [2.24, 2.45) is 11.3 Å². The zero-order chi connectivity index (χ0) is 14.9. The predicted molar refractivity (Wildman–Crippen MR) is 81.3 cm³/mol. The van der Waals surface area contributed by atoms with Crippen LogP contribution in [0.5, 0.6) is 5.75 Å². The zero-order valence-electron chi connectivity index (χ0n) is 12.8. The summed E-state index contributed by atoms with van der Waals surface area (Å²) in [7, 11) is 0. The zero-order valence-corrected chi connectivity index (χ0v) is 12.8. The normalized spacial score (nSPS) is 29.8. The fourth-order valence-corrected chi connectivity index (χ4v) is 3.90. The number of hydrogen-bond donors (Lipinski definition) is 2. The minimum Gasteiger partial charge on any atom is -0.491 e. The lowest BCUT2D eigenvalue weighted by atomic mass is 9.57. The lowest BCUT2D eigenvalue weighted by Gasteiger charge is -2.55. The number of aliphatic hydroxyl groups is 1. The number of hydrogen-bond acceptors (Lipinski definition) is 4. The Balaban J connectivity index is 1.63. The van der Waals surface area contributed by atoms with E-state index < -0.39 is 0 Å². The quantitative estimate of drug-likeness (QED) is 0.841. The van der Waals surface area contributed by atoms with Crippen molar-refractivity contribution < 1.29 is 14.6 Å².